The highest BCUT2D eigenvalue weighted by atomic mass is 35.5. The monoisotopic (exact) mass is 374 g/mol. The smallest absolute Gasteiger partial charge is 0.0933 e. The summed E-state index contributed by atoms with van der Waals surface area (Å²) in [4.78, 5) is 0. The normalized spacial score (nSPS) is 13.5. The molecule has 3 heteroatoms. The van der Waals surface area contributed by atoms with Crippen LogP contribution in [0.5, 0.6) is 0 Å². The number of benzene rings is 2. The maximum Gasteiger partial charge on any atom is 0.0933 e. The van der Waals surface area contributed by atoms with Crippen LogP contribution >= 0.6 is 11.6 Å². The largest absolute Gasteiger partial charge is 0.385 e. The molecule has 2 rings (SSSR count). The maximum absolute atomic E-state index is 6.55. The average molecular weight is 375 g/mol. The number of hydrogen-bond donors (Lipinski definition) is 0. The summed E-state index contributed by atoms with van der Waals surface area (Å²) in [5.41, 5.74) is 2.17. The molecule has 0 N–H and O–H groups in total. The fourth-order valence-electron chi connectivity index (χ4n) is 3.34. The van der Waals surface area contributed by atoms with Crippen LogP contribution in [-0.4, -0.2) is 13.7 Å². The van der Waals surface area contributed by atoms with Gasteiger partial charge in [-0.1, -0.05) is 80.3 Å². The van der Waals surface area contributed by atoms with Gasteiger partial charge in [0.25, 0.3) is 0 Å². The van der Waals surface area contributed by atoms with E-state index in [9.17, 15) is 0 Å². The molecule has 0 bridgehead atoms. The van der Waals surface area contributed by atoms with Crippen molar-refractivity contribution in [3.05, 3.63) is 70.7 Å². The van der Waals surface area contributed by atoms with Crippen LogP contribution in [0.3, 0.4) is 0 Å². The van der Waals surface area contributed by atoms with Crippen molar-refractivity contribution in [2.75, 3.05) is 13.7 Å². The van der Waals surface area contributed by atoms with Gasteiger partial charge in [0.2, 0.25) is 0 Å². The SMILES string of the molecule is CCC(CCCCCCOC)(OCc1ccccc1)c1ccc(Cl)cc1. The Morgan fingerprint density at radius 2 is 1.58 bits per heavy atom. The lowest BCUT2D eigenvalue weighted by atomic mass is 9.85. The first-order chi connectivity index (χ1) is 12.7. The first kappa shape index (κ1) is 21.0. The molecule has 2 aromatic rings. The van der Waals surface area contributed by atoms with Gasteiger partial charge in [-0.2, -0.15) is 0 Å². The van der Waals surface area contributed by atoms with E-state index < -0.39 is 0 Å². The molecule has 1 atom stereocenters. The fraction of sp³-hybridized carbons (Fsp3) is 0.478. The molecule has 142 valence electrons. The van der Waals surface area contributed by atoms with Crippen molar-refractivity contribution in [2.45, 2.75) is 57.7 Å². The van der Waals surface area contributed by atoms with Crippen molar-refractivity contribution in [2.24, 2.45) is 0 Å². The van der Waals surface area contributed by atoms with Gasteiger partial charge in [0.1, 0.15) is 0 Å². The standard InChI is InChI=1S/C23H31ClO2/c1-3-23(17-9-4-5-10-18-25-2,21-13-15-22(24)16-14-21)26-19-20-11-7-6-8-12-20/h6-8,11-16H,3-5,9-10,17-19H2,1-2H3. The second kappa shape index (κ2) is 11.4. The maximum atomic E-state index is 6.55. The Balaban J connectivity index is 2.06. The molecule has 2 nitrogen and oxygen atoms in total. The van der Waals surface area contributed by atoms with Crippen molar-refractivity contribution in [1.29, 1.82) is 0 Å². The molecule has 1 unspecified atom stereocenters. The quantitative estimate of drug-likeness (QED) is 0.382. The van der Waals surface area contributed by atoms with Crippen molar-refractivity contribution in [3.8, 4) is 0 Å². The molecular weight excluding hydrogens is 344 g/mol. The van der Waals surface area contributed by atoms with Gasteiger partial charge in [0.15, 0.2) is 0 Å². The first-order valence-electron chi connectivity index (χ1n) is 9.63. The average Bonchev–Trinajstić information content (AvgIpc) is 2.69. The minimum atomic E-state index is -0.262. The molecule has 0 radical (unpaired) electrons. The lowest BCUT2D eigenvalue weighted by molar-refractivity contribution is -0.0728. The van der Waals surface area contributed by atoms with Gasteiger partial charge in [-0.05, 0) is 42.5 Å². The van der Waals surface area contributed by atoms with E-state index in [4.69, 9.17) is 21.1 Å². The van der Waals surface area contributed by atoms with E-state index in [1.807, 2.05) is 18.2 Å². The van der Waals surface area contributed by atoms with Crippen LogP contribution in [0, 0.1) is 0 Å². The van der Waals surface area contributed by atoms with Gasteiger partial charge in [0.05, 0.1) is 12.2 Å². The van der Waals surface area contributed by atoms with E-state index in [0.29, 0.717) is 6.61 Å². The summed E-state index contributed by atoms with van der Waals surface area (Å²) in [6, 6.07) is 18.5. The number of rotatable bonds is 12. The highest BCUT2D eigenvalue weighted by molar-refractivity contribution is 6.30. The van der Waals surface area contributed by atoms with Gasteiger partial charge >= 0.3 is 0 Å². The Labute approximate surface area is 163 Å². The third-order valence-corrected chi connectivity index (χ3v) is 5.23. The molecule has 0 amide bonds. The molecular formula is C23H31ClO2. The lowest BCUT2D eigenvalue weighted by Gasteiger charge is -2.34. The van der Waals surface area contributed by atoms with Gasteiger partial charge < -0.3 is 9.47 Å². The number of methoxy groups -OCH3 is 1. The van der Waals surface area contributed by atoms with Gasteiger partial charge in [-0.25, -0.2) is 0 Å². The van der Waals surface area contributed by atoms with Gasteiger partial charge in [0, 0.05) is 18.7 Å². The summed E-state index contributed by atoms with van der Waals surface area (Å²) in [6.45, 7) is 3.69. The lowest BCUT2D eigenvalue weighted by Crippen LogP contribution is -2.29. The molecule has 0 aliphatic rings. The van der Waals surface area contributed by atoms with Crippen LogP contribution in [0.1, 0.15) is 56.6 Å². The molecule has 2 aromatic carbocycles. The van der Waals surface area contributed by atoms with E-state index in [1.165, 1.54) is 24.0 Å². The van der Waals surface area contributed by atoms with E-state index in [1.54, 1.807) is 7.11 Å². The highest BCUT2D eigenvalue weighted by Crippen LogP contribution is 2.36. The molecule has 26 heavy (non-hydrogen) atoms. The van der Waals surface area contributed by atoms with Crippen molar-refractivity contribution < 1.29 is 9.47 Å². The Morgan fingerprint density at radius 3 is 2.23 bits per heavy atom. The molecule has 0 spiro atoms. The number of ether oxygens (including phenoxy) is 2. The summed E-state index contributed by atoms with van der Waals surface area (Å²) in [7, 11) is 1.76. The molecule has 0 saturated heterocycles. The summed E-state index contributed by atoms with van der Waals surface area (Å²) in [5.74, 6) is 0. The van der Waals surface area contributed by atoms with E-state index >= 15 is 0 Å². The number of unbranched alkanes of at least 4 members (excludes halogenated alkanes) is 3. The zero-order valence-corrected chi connectivity index (χ0v) is 16.8. The van der Waals surface area contributed by atoms with Crippen LogP contribution in [0.25, 0.3) is 0 Å². The van der Waals surface area contributed by atoms with E-state index in [0.717, 1.165) is 37.3 Å². The van der Waals surface area contributed by atoms with Crippen LogP contribution in [0.2, 0.25) is 5.02 Å². The predicted octanol–water partition coefficient (Wildman–Crippen LogP) is 6.76. The van der Waals surface area contributed by atoms with Crippen LogP contribution in [0.15, 0.2) is 54.6 Å². The number of hydrogen-bond acceptors (Lipinski definition) is 2. The van der Waals surface area contributed by atoms with Crippen molar-refractivity contribution in [3.63, 3.8) is 0 Å². The van der Waals surface area contributed by atoms with E-state index in [2.05, 4.69) is 43.3 Å². The second-order valence-corrected chi connectivity index (χ2v) is 7.22. The predicted molar refractivity (Wildman–Crippen MR) is 110 cm³/mol. The molecule has 0 heterocycles. The van der Waals surface area contributed by atoms with Gasteiger partial charge in [-0.3, -0.25) is 0 Å². The van der Waals surface area contributed by atoms with Gasteiger partial charge in [-0.15, -0.1) is 0 Å². The Bertz CT molecular complexity index is 612. The molecule has 0 aliphatic heterocycles. The number of halogens is 1. The molecule has 0 saturated carbocycles. The fourth-order valence-corrected chi connectivity index (χ4v) is 3.47. The second-order valence-electron chi connectivity index (χ2n) is 6.79. The first-order valence-corrected chi connectivity index (χ1v) is 10.0. The van der Waals surface area contributed by atoms with Crippen LogP contribution < -0.4 is 0 Å². The summed E-state index contributed by atoms with van der Waals surface area (Å²) in [6.07, 6.45) is 6.64. The molecule has 0 aromatic heterocycles. The third-order valence-electron chi connectivity index (χ3n) is 4.98. The Kier molecular flexibility index (Phi) is 9.17. The Morgan fingerprint density at radius 1 is 0.885 bits per heavy atom. The zero-order valence-electron chi connectivity index (χ0n) is 16.0. The zero-order chi connectivity index (χ0) is 18.7. The minimum absolute atomic E-state index is 0.262. The van der Waals surface area contributed by atoms with Crippen molar-refractivity contribution in [1.82, 2.24) is 0 Å². The van der Waals surface area contributed by atoms with Crippen LogP contribution in [-0.2, 0) is 21.7 Å². The van der Waals surface area contributed by atoms with E-state index in [-0.39, 0.29) is 5.60 Å². The summed E-state index contributed by atoms with van der Waals surface area (Å²) >= 11 is 6.10. The van der Waals surface area contributed by atoms with Crippen LogP contribution in [0.4, 0.5) is 0 Å². The topological polar surface area (TPSA) is 18.5 Å². The van der Waals surface area contributed by atoms with Crippen molar-refractivity contribution >= 4 is 11.6 Å². The summed E-state index contributed by atoms with van der Waals surface area (Å²) in [5, 5.41) is 0.765. The Hall–Kier alpha value is -1.35. The third kappa shape index (κ3) is 6.42. The summed E-state index contributed by atoms with van der Waals surface area (Å²) < 4.78 is 11.7. The molecule has 0 fully saturated rings. The minimum Gasteiger partial charge on any atom is -0.385 e. The molecule has 0 aliphatic carbocycles. The highest BCUT2D eigenvalue weighted by Gasteiger charge is 2.31.